The van der Waals surface area contributed by atoms with Crippen molar-refractivity contribution in [1.29, 1.82) is 0 Å². The number of hydrogen-bond acceptors (Lipinski definition) is 6. The average Bonchev–Trinajstić information content (AvgIpc) is 3.46. The number of esters is 3. The van der Waals surface area contributed by atoms with Crippen molar-refractivity contribution in [2.24, 2.45) is 0 Å². The lowest BCUT2D eigenvalue weighted by Gasteiger charge is -2.18. The van der Waals surface area contributed by atoms with E-state index >= 15 is 0 Å². The summed E-state index contributed by atoms with van der Waals surface area (Å²) in [5.41, 5.74) is 0. The Morgan fingerprint density at radius 3 is 0.787 bits per heavy atom. The summed E-state index contributed by atoms with van der Waals surface area (Å²) in [5.74, 6) is -0.926. The third kappa shape index (κ3) is 64.4. The topological polar surface area (TPSA) is 78.9 Å². The molecule has 6 heteroatoms. The van der Waals surface area contributed by atoms with Crippen molar-refractivity contribution in [1.82, 2.24) is 0 Å². The summed E-state index contributed by atoms with van der Waals surface area (Å²) in [5, 5.41) is 0. The zero-order valence-corrected chi connectivity index (χ0v) is 52.0. The normalized spacial score (nSPS) is 13.0. The number of carbonyl (C=O) groups excluding carboxylic acids is 3. The molecule has 1 unspecified atom stereocenters. The fourth-order valence-electron chi connectivity index (χ4n) is 8.89. The van der Waals surface area contributed by atoms with Gasteiger partial charge in [-0.3, -0.25) is 14.4 Å². The second-order valence-electron chi connectivity index (χ2n) is 21.6. The highest BCUT2D eigenvalue weighted by Gasteiger charge is 2.19. The van der Waals surface area contributed by atoms with E-state index < -0.39 is 6.10 Å². The van der Waals surface area contributed by atoms with Crippen LogP contribution in [0.25, 0.3) is 0 Å². The Balaban J connectivity index is 4.46. The first-order chi connectivity index (χ1) is 39.5. The van der Waals surface area contributed by atoms with Crippen molar-refractivity contribution in [2.75, 3.05) is 13.2 Å². The molecule has 0 aliphatic heterocycles. The maximum Gasteiger partial charge on any atom is 0.306 e. The predicted molar refractivity (Wildman–Crippen MR) is 348 cm³/mol. The molecule has 0 heterocycles. The Hall–Kier alpha value is -4.45. The molecular formula is C74H122O6. The summed E-state index contributed by atoms with van der Waals surface area (Å²) in [6.07, 6.45) is 94.4. The van der Waals surface area contributed by atoms with Crippen LogP contribution >= 0.6 is 0 Å². The summed E-state index contributed by atoms with van der Waals surface area (Å²) < 4.78 is 16.9. The fraction of sp³-hybridized carbons (Fsp3) is 0.662. The first-order valence-corrected chi connectivity index (χ1v) is 33.2. The molecule has 1 atom stereocenters. The quantitative estimate of drug-likeness (QED) is 0.0261. The van der Waals surface area contributed by atoms with Crippen LogP contribution in [-0.2, 0) is 28.6 Å². The minimum atomic E-state index is -0.802. The molecule has 0 spiro atoms. The van der Waals surface area contributed by atoms with Crippen LogP contribution in [0.1, 0.15) is 297 Å². The molecule has 0 aliphatic rings. The van der Waals surface area contributed by atoms with Gasteiger partial charge in [-0.2, -0.15) is 0 Å². The van der Waals surface area contributed by atoms with E-state index in [1.807, 2.05) is 0 Å². The van der Waals surface area contributed by atoms with Crippen molar-refractivity contribution in [2.45, 2.75) is 303 Å². The second kappa shape index (κ2) is 67.1. The Labute approximate surface area is 494 Å². The van der Waals surface area contributed by atoms with E-state index in [0.29, 0.717) is 19.3 Å². The third-order valence-electron chi connectivity index (χ3n) is 13.9. The van der Waals surface area contributed by atoms with Crippen molar-refractivity contribution >= 4 is 17.9 Å². The maximum absolute atomic E-state index is 12.9. The molecule has 0 amide bonds. The Bertz CT molecular complexity index is 1700. The van der Waals surface area contributed by atoms with Gasteiger partial charge in [0.2, 0.25) is 0 Å². The highest BCUT2D eigenvalue weighted by Crippen LogP contribution is 2.15. The van der Waals surface area contributed by atoms with Crippen LogP contribution in [0.15, 0.2) is 134 Å². The lowest BCUT2D eigenvalue weighted by molar-refractivity contribution is -0.167. The minimum absolute atomic E-state index is 0.0958. The van der Waals surface area contributed by atoms with Crippen LogP contribution in [-0.4, -0.2) is 37.2 Å². The van der Waals surface area contributed by atoms with Gasteiger partial charge >= 0.3 is 17.9 Å². The molecule has 0 saturated carbocycles. The van der Waals surface area contributed by atoms with Crippen LogP contribution in [0, 0.1) is 0 Å². The third-order valence-corrected chi connectivity index (χ3v) is 13.9. The smallest absolute Gasteiger partial charge is 0.306 e. The summed E-state index contributed by atoms with van der Waals surface area (Å²) in [6.45, 7) is 6.47. The van der Waals surface area contributed by atoms with E-state index in [4.69, 9.17) is 14.2 Å². The predicted octanol–water partition coefficient (Wildman–Crippen LogP) is 22.9. The Morgan fingerprint density at radius 2 is 0.487 bits per heavy atom. The highest BCUT2D eigenvalue weighted by molar-refractivity contribution is 5.71. The summed E-state index contributed by atoms with van der Waals surface area (Å²) in [4.78, 5) is 38.4. The van der Waals surface area contributed by atoms with Crippen molar-refractivity contribution in [3.05, 3.63) is 134 Å². The lowest BCUT2D eigenvalue weighted by atomic mass is 10.1. The molecule has 0 aromatic carbocycles. The van der Waals surface area contributed by atoms with Gasteiger partial charge in [-0.15, -0.1) is 0 Å². The number of allylic oxidation sites excluding steroid dienone is 22. The summed E-state index contributed by atoms with van der Waals surface area (Å²) >= 11 is 0. The van der Waals surface area contributed by atoms with Crippen LogP contribution in [0.3, 0.4) is 0 Å². The fourth-order valence-corrected chi connectivity index (χ4v) is 8.89. The zero-order valence-electron chi connectivity index (χ0n) is 52.0. The van der Waals surface area contributed by atoms with Crippen LogP contribution in [0.5, 0.6) is 0 Å². The first kappa shape index (κ1) is 75.5. The minimum Gasteiger partial charge on any atom is -0.462 e. The SMILES string of the molecule is CC/C=C\C/C=C\C/C=C\C/C=C\C/C=C\C/C=C\CCCCCCCCC(=O)OCC(COC(=O)CCCCCCCCC/C=C\C/C=C\CCCCCC)OC(=O)CCCCCCCC/C=C\C/C=C\C/C=C\CCCCC. The zero-order chi connectivity index (χ0) is 57.8. The van der Waals surface area contributed by atoms with E-state index in [1.54, 1.807) is 0 Å². The van der Waals surface area contributed by atoms with Gasteiger partial charge in [0.25, 0.3) is 0 Å². The van der Waals surface area contributed by atoms with Gasteiger partial charge in [0.1, 0.15) is 13.2 Å². The van der Waals surface area contributed by atoms with Gasteiger partial charge in [0, 0.05) is 19.3 Å². The van der Waals surface area contributed by atoms with Gasteiger partial charge in [0.15, 0.2) is 6.10 Å². The largest absolute Gasteiger partial charge is 0.462 e. The van der Waals surface area contributed by atoms with Crippen LogP contribution in [0.2, 0.25) is 0 Å². The molecular weight excluding hydrogens is 985 g/mol. The molecule has 0 aromatic heterocycles. The van der Waals surface area contributed by atoms with Gasteiger partial charge in [-0.1, -0.05) is 270 Å². The first-order valence-electron chi connectivity index (χ1n) is 33.2. The van der Waals surface area contributed by atoms with E-state index in [-0.39, 0.29) is 31.1 Å². The number of rotatable bonds is 59. The van der Waals surface area contributed by atoms with E-state index in [0.717, 1.165) is 148 Å². The van der Waals surface area contributed by atoms with Crippen molar-refractivity contribution in [3.8, 4) is 0 Å². The van der Waals surface area contributed by atoms with Gasteiger partial charge in [-0.25, -0.2) is 0 Å². The molecule has 0 aliphatic carbocycles. The Morgan fingerprint density at radius 1 is 0.263 bits per heavy atom. The molecule has 0 N–H and O–H groups in total. The second-order valence-corrected chi connectivity index (χ2v) is 21.6. The highest BCUT2D eigenvalue weighted by atomic mass is 16.6. The van der Waals surface area contributed by atoms with Crippen LogP contribution in [0.4, 0.5) is 0 Å². The standard InChI is InChI=1S/C74H122O6/c1-4-7-10-13-16-19-22-25-28-31-34-35-36-37-38-39-41-43-46-49-52-55-58-61-64-67-73(76)79-70-71(69-78-72(75)66-63-60-57-54-51-48-45-42-33-30-27-24-21-18-15-12-9-6-3)80-74(77)68-65-62-59-56-53-50-47-44-40-32-29-26-23-20-17-14-11-8-5-2/h7,10,16-17,19-21,24-26,28-30,33-35,37-38,40-41,43-44,71H,4-6,8-9,11-15,18,22-23,27,31-32,36,39,42,45-70H2,1-3H3/b10-7-,19-16-,20-17-,24-21-,28-25-,29-26-,33-30-,35-34-,38-37-,43-41-,44-40-. The summed E-state index contributed by atoms with van der Waals surface area (Å²) in [6, 6.07) is 0. The van der Waals surface area contributed by atoms with Gasteiger partial charge < -0.3 is 14.2 Å². The molecule has 80 heavy (non-hydrogen) atoms. The number of hydrogen-bond donors (Lipinski definition) is 0. The molecule has 0 rings (SSSR count). The lowest BCUT2D eigenvalue weighted by Crippen LogP contribution is -2.30. The average molecular weight is 1110 g/mol. The number of ether oxygens (including phenoxy) is 3. The van der Waals surface area contributed by atoms with Crippen molar-refractivity contribution < 1.29 is 28.6 Å². The molecule has 0 aromatic rings. The van der Waals surface area contributed by atoms with Crippen LogP contribution < -0.4 is 0 Å². The van der Waals surface area contributed by atoms with E-state index in [2.05, 4.69) is 154 Å². The molecule has 454 valence electrons. The molecule has 6 nitrogen and oxygen atoms in total. The van der Waals surface area contributed by atoms with E-state index in [1.165, 1.54) is 109 Å². The molecule has 0 bridgehead atoms. The van der Waals surface area contributed by atoms with Gasteiger partial charge in [-0.05, 0) is 141 Å². The number of unbranched alkanes of at least 4 members (excludes halogenated alkanes) is 26. The Kier molecular flexibility index (Phi) is 63.3. The monoisotopic (exact) mass is 1110 g/mol. The van der Waals surface area contributed by atoms with E-state index in [9.17, 15) is 14.4 Å². The molecule has 0 saturated heterocycles. The van der Waals surface area contributed by atoms with Crippen molar-refractivity contribution in [3.63, 3.8) is 0 Å². The molecule has 0 radical (unpaired) electrons. The maximum atomic E-state index is 12.9. The van der Waals surface area contributed by atoms with Gasteiger partial charge in [0.05, 0.1) is 0 Å². The number of carbonyl (C=O) groups is 3. The molecule has 0 fully saturated rings. The summed E-state index contributed by atoms with van der Waals surface area (Å²) in [7, 11) is 0.